The molecule has 9 nitrogen and oxygen atoms in total. The Balaban J connectivity index is 1.54. The van der Waals surface area contributed by atoms with Gasteiger partial charge in [0.25, 0.3) is 5.91 Å². The van der Waals surface area contributed by atoms with E-state index < -0.39 is 0 Å². The van der Waals surface area contributed by atoms with Crippen molar-refractivity contribution in [1.82, 2.24) is 20.2 Å². The number of ether oxygens (including phenoxy) is 3. The third kappa shape index (κ3) is 6.81. The molecule has 0 spiro atoms. The zero-order valence-corrected chi connectivity index (χ0v) is 24.3. The first kappa shape index (κ1) is 28.7. The van der Waals surface area contributed by atoms with E-state index in [0.29, 0.717) is 28.0 Å². The molecule has 4 rings (SSSR count). The maximum absolute atomic E-state index is 12.6. The Labute approximate surface area is 238 Å². The molecule has 1 N–H and O–H groups in total. The van der Waals surface area contributed by atoms with Crippen LogP contribution in [-0.2, 0) is 10.2 Å². The topological polar surface area (TPSA) is 99.9 Å². The van der Waals surface area contributed by atoms with Crippen LogP contribution in [0.5, 0.6) is 17.2 Å². The minimum absolute atomic E-state index is 0.0384. The van der Waals surface area contributed by atoms with Gasteiger partial charge in [-0.2, -0.15) is 5.10 Å². The predicted octanol–water partition coefficient (Wildman–Crippen LogP) is 5.50. The summed E-state index contributed by atoms with van der Waals surface area (Å²) in [6.07, 6.45) is 1.52. The van der Waals surface area contributed by atoms with Crippen molar-refractivity contribution in [2.45, 2.75) is 31.3 Å². The molecule has 1 amide bonds. The van der Waals surface area contributed by atoms with Crippen LogP contribution >= 0.6 is 11.8 Å². The Hall–Kier alpha value is -4.31. The van der Waals surface area contributed by atoms with E-state index in [0.717, 1.165) is 17.0 Å². The van der Waals surface area contributed by atoms with Crippen LogP contribution < -0.4 is 19.6 Å². The molecule has 0 fully saturated rings. The molecule has 0 aliphatic rings. The molecule has 0 unspecified atom stereocenters. The van der Waals surface area contributed by atoms with Crippen molar-refractivity contribution in [2.75, 3.05) is 27.1 Å². The molecular weight excluding hydrogens is 526 g/mol. The van der Waals surface area contributed by atoms with Crippen LogP contribution in [0, 0.1) is 0 Å². The fraction of sp³-hybridized carbons (Fsp3) is 0.267. The molecule has 10 heteroatoms. The number of thioether (sulfide) groups is 1. The van der Waals surface area contributed by atoms with Gasteiger partial charge >= 0.3 is 0 Å². The van der Waals surface area contributed by atoms with Crippen molar-refractivity contribution >= 4 is 23.9 Å². The largest absolute Gasteiger partial charge is 0.497 e. The second-order valence-corrected chi connectivity index (χ2v) is 10.8. The summed E-state index contributed by atoms with van der Waals surface area (Å²) in [7, 11) is 4.78. The van der Waals surface area contributed by atoms with Gasteiger partial charge in [-0.1, -0.05) is 56.8 Å². The van der Waals surface area contributed by atoms with Gasteiger partial charge in [0.1, 0.15) is 17.2 Å². The van der Waals surface area contributed by atoms with Gasteiger partial charge < -0.3 is 14.2 Å². The number of methoxy groups -OCH3 is 3. The Morgan fingerprint density at radius 1 is 0.925 bits per heavy atom. The van der Waals surface area contributed by atoms with Gasteiger partial charge in [0.05, 0.1) is 33.3 Å². The first-order valence-electron chi connectivity index (χ1n) is 12.6. The van der Waals surface area contributed by atoms with Gasteiger partial charge in [0.2, 0.25) is 0 Å². The van der Waals surface area contributed by atoms with Crippen LogP contribution in [0.2, 0.25) is 0 Å². The van der Waals surface area contributed by atoms with E-state index in [1.165, 1.54) is 23.5 Å². The number of hydrogen-bond acceptors (Lipinski definition) is 8. The molecule has 0 saturated carbocycles. The second kappa shape index (κ2) is 12.7. The number of nitrogens with one attached hydrogen (secondary N) is 1. The average molecular weight is 560 g/mol. The molecule has 0 aliphatic carbocycles. The normalized spacial score (nSPS) is 11.4. The van der Waals surface area contributed by atoms with E-state index in [1.54, 1.807) is 39.5 Å². The smallest absolute Gasteiger partial charge is 0.250 e. The van der Waals surface area contributed by atoms with Gasteiger partial charge in [-0.3, -0.25) is 9.36 Å². The lowest BCUT2D eigenvalue weighted by molar-refractivity contribution is -0.118. The molecule has 3 aromatic carbocycles. The number of rotatable bonds is 10. The van der Waals surface area contributed by atoms with Crippen molar-refractivity contribution in [3.8, 4) is 34.3 Å². The Morgan fingerprint density at radius 2 is 1.60 bits per heavy atom. The lowest BCUT2D eigenvalue weighted by atomic mass is 9.87. The Kier molecular flexibility index (Phi) is 9.11. The van der Waals surface area contributed by atoms with Crippen LogP contribution in [0.15, 0.2) is 77.0 Å². The zero-order chi connectivity index (χ0) is 28.7. The predicted molar refractivity (Wildman–Crippen MR) is 158 cm³/mol. The molecule has 1 heterocycles. The summed E-state index contributed by atoms with van der Waals surface area (Å²) in [4.78, 5) is 12.6. The maximum Gasteiger partial charge on any atom is 0.250 e. The molecule has 0 radical (unpaired) electrons. The minimum Gasteiger partial charge on any atom is -0.497 e. The molecule has 1 aromatic heterocycles. The fourth-order valence-electron chi connectivity index (χ4n) is 3.91. The highest BCUT2D eigenvalue weighted by Crippen LogP contribution is 2.31. The van der Waals surface area contributed by atoms with E-state index in [-0.39, 0.29) is 17.1 Å². The number of aromatic nitrogens is 3. The molecule has 0 aliphatic heterocycles. The van der Waals surface area contributed by atoms with Gasteiger partial charge in [-0.05, 0) is 53.4 Å². The van der Waals surface area contributed by atoms with Gasteiger partial charge in [-0.25, -0.2) is 5.43 Å². The molecule has 40 heavy (non-hydrogen) atoms. The van der Waals surface area contributed by atoms with Crippen molar-refractivity contribution < 1.29 is 19.0 Å². The SMILES string of the molecule is COc1ccc(-n2c(SCC(=O)NN=Cc3cc(OC)ccc3OC)nnc2-c2ccc(C(C)(C)C)cc2)cc1. The zero-order valence-electron chi connectivity index (χ0n) is 23.5. The number of carbonyl (C=O) groups is 1. The minimum atomic E-state index is -0.288. The highest BCUT2D eigenvalue weighted by molar-refractivity contribution is 7.99. The van der Waals surface area contributed by atoms with E-state index in [2.05, 4.69) is 53.6 Å². The Morgan fingerprint density at radius 3 is 2.23 bits per heavy atom. The van der Waals surface area contributed by atoms with Crippen LogP contribution in [0.25, 0.3) is 17.1 Å². The van der Waals surface area contributed by atoms with Crippen LogP contribution in [0.4, 0.5) is 0 Å². The summed E-state index contributed by atoms with van der Waals surface area (Å²) in [6.45, 7) is 6.54. The number of hydrazone groups is 1. The highest BCUT2D eigenvalue weighted by atomic mass is 32.2. The number of benzene rings is 3. The molecule has 208 valence electrons. The standard InChI is InChI=1S/C30H33N5O4S/c1-30(2,3)22-9-7-20(8-10-22)28-33-34-29(35(28)23-11-13-24(37-4)14-12-23)40-19-27(36)32-31-18-21-17-25(38-5)15-16-26(21)39-6/h7-18H,19H2,1-6H3,(H,32,36). The van der Waals surface area contributed by atoms with E-state index in [9.17, 15) is 4.79 Å². The number of amides is 1. The summed E-state index contributed by atoms with van der Waals surface area (Å²) in [5.41, 5.74) is 6.28. The Bertz CT molecular complexity index is 1480. The fourth-order valence-corrected chi connectivity index (χ4v) is 4.65. The number of hydrogen-bond donors (Lipinski definition) is 1. The van der Waals surface area contributed by atoms with Crippen molar-refractivity contribution in [3.63, 3.8) is 0 Å². The molecule has 0 saturated heterocycles. The first-order valence-corrected chi connectivity index (χ1v) is 13.6. The van der Waals surface area contributed by atoms with E-state index in [4.69, 9.17) is 14.2 Å². The first-order chi connectivity index (χ1) is 19.2. The van der Waals surface area contributed by atoms with Crippen LogP contribution in [0.1, 0.15) is 31.9 Å². The van der Waals surface area contributed by atoms with E-state index in [1.807, 2.05) is 41.0 Å². The molecule has 0 bridgehead atoms. The summed E-state index contributed by atoms with van der Waals surface area (Å²) < 4.78 is 17.9. The van der Waals surface area contributed by atoms with Gasteiger partial charge in [0, 0.05) is 16.8 Å². The summed E-state index contributed by atoms with van der Waals surface area (Å²) in [5.74, 6) is 2.49. The lowest BCUT2D eigenvalue weighted by Crippen LogP contribution is -2.20. The maximum atomic E-state index is 12.6. The highest BCUT2D eigenvalue weighted by Gasteiger charge is 2.19. The molecular formula is C30H33N5O4S. The summed E-state index contributed by atoms with van der Waals surface area (Å²) in [5, 5.41) is 13.6. The number of carbonyl (C=O) groups excluding carboxylic acids is 1. The third-order valence-corrected chi connectivity index (χ3v) is 7.06. The monoisotopic (exact) mass is 559 g/mol. The summed E-state index contributed by atoms with van der Waals surface area (Å²) in [6, 6.07) is 21.3. The van der Waals surface area contributed by atoms with E-state index >= 15 is 0 Å². The van der Waals surface area contributed by atoms with Crippen LogP contribution in [-0.4, -0.2) is 54.0 Å². The second-order valence-electron chi connectivity index (χ2n) is 9.86. The third-order valence-electron chi connectivity index (χ3n) is 6.14. The average Bonchev–Trinajstić information content (AvgIpc) is 3.39. The van der Waals surface area contributed by atoms with Crippen molar-refractivity contribution in [3.05, 3.63) is 77.9 Å². The van der Waals surface area contributed by atoms with Crippen LogP contribution in [0.3, 0.4) is 0 Å². The molecule has 4 aromatic rings. The van der Waals surface area contributed by atoms with Crippen molar-refractivity contribution in [2.24, 2.45) is 5.10 Å². The molecule has 0 atom stereocenters. The van der Waals surface area contributed by atoms with Gasteiger partial charge in [0.15, 0.2) is 11.0 Å². The number of nitrogens with zero attached hydrogens (tertiary/aromatic N) is 4. The quantitative estimate of drug-likeness (QED) is 0.156. The summed E-state index contributed by atoms with van der Waals surface area (Å²) >= 11 is 1.27. The lowest BCUT2D eigenvalue weighted by Gasteiger charge is -2.19. The van der Waals surface area contributed by atoms with Crippen molar-refractivity contribution in [1.29, 1.82) is 0 Å². The van der Waals surface area contributed by atoms with Gasteiger partial charge in [-0.15, -0.1) is 10.2 Å².